The van der Waals surface area contributed by atoms with Crippen molar-refractivity contribution in [2.75, 3.05) is 20.8 Å². The smallest absolute Gasteiger partial charge is 0.328 e. The van der Waals surface area contributed by atoms with E-state index >= 15 is 0 Å². The van der Waals surface area contributed by atoms with Crippen molar-refractivity contribution in [2.45, 2.75) is 19.4 Å². The number of esters is 1. The van der Waals surface area contributed by atoms with E-state index in [1.165, 1.54) is 17.6 Å². The summed E-state index contributed by atoms with van der Waals surface area (Å²) in [6.07, 6.45) is 0.236. The lowest BCUT2D eigenvalue weighted by atomic mass is 9.99. The van der Waals surface area contributed by atoms with Gasteiger partial charge in [-0.25, -0.2) is 4.79 Å². The summed E-state index contributed by atoms with van der Waals surface area (Å²) in [5.41, 5.74) is 4.19. The molecule has 1 amide bonds. The molecule has 0 aromatic heterocycles. The Morgan fingerprint density at radius 3 is 2.33 bits per heavy atom. The van der Waals surface area contributed by atoms with Gasteiger partial charge >= 0.3 is 5.97 Å². The van der Waals surface area contributed by atoms with Crippen LogP contribution in [-0.4, -0.2) is 54.4 Å². The van der Waals surface area contributed by atoms with Gasteiger partial charge in [-0.1, -0.05) is 36.4 Å². The number of rotatable bonds is 3. The van der Waals surface area contributed by atoms with E-state index in [9.17, 15) is 9.59 Å². The highest BCUT2D eigenvalue weighted by molar-refractivity contribution is 6.04. The number of benzene rings is 2. The van der Waals surface area contributed by atoms with Crippen LogP contribution in [0.1, 0.15) is 22.3 Å². The maximum atomic E-state index is 12.8. The third-order valence-corrected chi connectivity index (χ3v) is 4.50. The lowest BCUT2D eigenvalue weighted by Crippen LogP contribution is -2.41. The van der Waals surface area contributed by atoms with Gasteiger partial charge in [0, 0.05) is 24.8 Å². The molecule has 1 saturated heterocycles. The zero-order valence-corrected chi connectivity index (χ0v) is 15.7. The Morgan fingerprint density at radius 1 is 1.11 bits per heavy atom. The van der Waals surface area contributed by atoms with E-state index in [4.69, 9.17) is 15.3 Å². The molecule has 0 aliphatic carbocycles. The number of hydrogen-bond acceptors (Lipinski definition) is 5. The molecule has 142 valence electrons. The lowest BCUT2D eigenvalue weighted by Gasteiger charge is -2.22. The number of aryl methyl sites for hydroxylation is 1. The van der Waals surface area contributed by atoms with Crippen LogP contribution in [-0.2, 0) is 9.53 Å². The van der Waals surface area contributed by atoms with Crippen LogP contribution in [0.3, 0.4) is 0 Å². The van der Waals surface area contributed by atoms with Crippen LogP contribution in [0.2, 0.25) is 0 Å². The van der Waals surface area contributed by atoms with Crippen LogP contribution in [0.15, 0.2) is 48.5 Å². The molecule has 0 spiro atoms. The maximum absolute atomic E-state index is 12.8. The number of aliphatic hydroxyl groups is 1. The molecule has 1 atom stereocenters. The highest BCUT2D eigenvalue weighted by Gasteiger charge is 2.38. The molecule has 2 aromatic rings. The van der Waals surface area contributed by atoms with Crippen molar-refractivity contribution in [3.8, 4) is 11.1 Å². The molecule has 1 heterocycles. The quantitative estimate of drug-likeness (QED) is 0.815. The molecular formula is C21H24N2O4. The van der Waals surface area contributed by atoms with E-state index in [-0.39, 0.29) is 18.9 Å². The fraction of sp³-hybridized carbons (Fsp3) is 0.286. The van der Waals surface area contributed by atoms with Gasteiger partial charge in [-0.2, -0.15) is 0 Å². The first kappa shape index (κ1) is 20.3. The average Bonchev–Trinajstić information content (AvgIpc) is 3.10. The van der Waals surface area contributed by atoms with Crippen LogP contribution >= 0.6 is 0 Å². The average molecular weight is 368 g/mol. The van der Waals surface area contributed by atoms with E-state index < -0.39 is 12.0 Å². The summed E-state index contributed by atoms with van der Waals surface area (Å²) in [5.74, 6) is -0.735. The second-order valence-electron chi connectivity index (χ2n) is 6.17. The number of aliphatic hydroxyl groups excluding tert-OH is 1. The van der Waals surface area contributed by atoms with E-state index in [1.54, 1.807) is 12.1 Å². The van der Waals surface area contributed by atoms with Crippen LogP contribution in [0.25, 0.3) is 11.1 Å². The second kappa shape index (κ2) is 9.09. The van der Waals surface area contributed by atoms with Gasteiger partial charge in [-0.05, 0) is 35.7 Å². The molecule has 0 radical (unpaired) electrons. The van der Waals surface area contributed by atoms with Crippen molar-refractivity contribution in [3.63, 3.8) is 0 Å². The summed E-state index contributed by atoms with van der Waals surface area (Å²) in [4.78, 5) is 26.0. The summed E-state index contributed by atoms with van der Waals surface area (Å²) in [7, 11) is 2.30. The molecule has 0 unspecified atom stereocenters. The van der Waals surface area contributed by atoms with Crippen molar-refractivity contribution >= 4 is 17.6 Å². The van der Waals surface area contributed by atoms with E-state index in [0.717, 1.165) is 18.2 Å². The van der Waals surface area contributed by atoms with Gasteiger partial charge in [-0.15, -0.1) is 0 Å². The Morgan fingerprint density at radius 2 is 1.74 bits per heavy atom. The minimum atomic E-state index is -0.707. The van der Waals surface area contributed by atoms with Crippen molar-refractivity contribution in [1.29, 1.82) is 5.41 Å². The first-order valence-corrected chi connectivity index (χ1v) is 8.57. The number of carbonyl (C=O) groups excluding carboxylic acids is 2. The fourth-order valence-corrected chi connectivity index (χ4v) is 3.14. The predicted octanol–water partition coefficient (Wildman–Crippen LogP) is 2.68. The molecule has 2 aromatic carbocycles. The van der Waals surface area contributed by atoms with Gasteiger partial charge in [0.05, 0.1) is 13.7 Å². The normalized spacial score (nSPS) is 15.8. The molecule has 2 N–H and O–H groups in total. The number of amides is 1. The topological polar surface area (TPSA) is 90.7 Å². The second-order valence-corrected chi connectivity index (χ2v) is 6.17. The molecule has 0 bridgehead atoms. The molecule has 1 aliphatic rings. The summed E-state index contributed by atoms with van der Waals surface area (Å²) >= 11 is 0. The molecular weight excluding hydrogens is 344 g/mol. The minimum absolute atomic E-state index is 0.165. The zero-order valence-electron chi connectivity index (χ0n) is 15.7. The first-order valence-electron chi connectivity index (χ1n) is 8.57. The van der Waals surface area contributed by atoms with E-state index in [1.807, 2.05) is 43.3 Å². The van der Waals surface area contributed by atoms with Gasteiger partial charge < -0.3 is 20.2 Å². The Labute approximate surface area is 158 Å². The molecule has 6 heteroatoms. The van der Waals surface area contributed by atoms with Crippen LogP contribution < -0.4 is 0 Å². The number of hydrogen-bond donors (Lipinski definition) is 2. The van der Waals surface area contributed by atoms with Crippen molar-refractivity contribution in [2.24, 2.45) is 0 Å². The van der Waals surface area contributed by atoms with Crippen molar-refractivity contribution in [1.82, 2.24) is 4.90 Å². The number of likely N-dealkylation sites (tertiary alicyclic amines) is 1. The Hall–Kier alpha value is -2.99. The number of nitrogens with one attached hydrogen (secondary N) is 1. The SMILES string of the molecule is CO.COC(=O)[C@@H]1CC(=N)CN1C(=O)c1ccc(-c2ccccc2C)cc1. The van der Waals surface area contributed by atoms with Crippen LogP contribution in [0, 0.1) is 12.3 Å². The highest BCUT2D eigenvalue weighted by Crippen LogP contribution is 2.25. The number of carbonyl (C=O) groups is 2. The molecule has 1 aliphatic heterocycles. The van der Waals surface area contributed by atoms with E-state index in [0.29, 0.717) is 11.3 Å². The number of nitrogens with zero attached hydrogens (tertiary/aromatic N) is 1. The number of methoxy groups -OCH3 is 1. The van der Waals surface area contributed by atoms with Crippen molar-refractivity contribution < 1.29 is 19.4 Å². The summed E-state index contributed by atoms with van der Waals surface area (Å²) in [6.45, 7) is 2.21. The largest absolute Gasteiger partial charge is 0.467 e. The highest BCUT2D eigenvalue weighted by atomic mass is 16.5. The first-order chi connectivity index (χ1) is 13.0. The van der Waals surface area contributed by atoms with Crippen LogP contribution in [0.5, 0.6) is 0 Å². The summed E-state index contributed by atoms with van der Waals surface area (Å²) < 4.78 is 4.76. The predicted molar refractivity (Wildman–Crippen MR) is 104 cm³/mol. The van der Waals surface area contributed by atoms with Crippen LogP contribution in [0.4, 0.5) is 0 Å². The standard InChI is InChI=1S/C20H20N2O3.CH4O/c1-13-5-3-4-6-17(13)14-7-9-15(10-8-14)19(23)22-12-16(21)11-18(22)20(24)25-2;1-2/h3-10,18,21H,11-12H2,1-2H3;2H,1H3/t18-;/m0./s1. The summed E-state index contributed by atoms with van der Waals surface area (Å²) in [6, 6.07) is 14.7. The van der Waals surface area contributed by atoms with Gasteiger partial charge in [-0.3, -0.25) is 4.79 Å². The Bertz CT molecular complexity index is 830. The van der Waals surface area contributed by atoms with Gasteiger partial charge in [0.2, 0.25) is 0 Å². The molecule has 6 nitrogen and oxygen atoms in total. The maximum Gasteiger partial charge on any atom is 0.328 e. The van der Waals surface area contributed by atoms with E-state index in [2.05, 4.69) is 0 Å². The fourth-order valence-electron chi connectivity index (χ4n) is 3.14. The third kappa shape index (κ3) is 4.41. The molecule has 3 rings (SSSR count). The Kier molecular flexibility index (Phi) is 6.85. The lowest BCUT2D eigenvalue weighted by molar-refractivity contribution is -0.145. The summed E-state index contributed by atoms with van der Waals surface area (Å²) in [5, 5.41) is 14.8. The van der Waals surface area contributed by atoms with Crippen molar-refractivity contribution in [3.05, 3.63) is 59.7 Å². The molecule has 27 heavy (non-hydrogen) atoms. The molecule has 1 fully saturated rings. The minimum Gasteiger partial charge on any atom is -0.467 e. The molecule has 0 saturated carbocycles. The Balaban J connectivity index is 0.00000126. The van der Waals surface area contributed by atoms with Gasteiger partial charge in [0.25, 0.3) is 5.91 Å². The third-order valence-electron chi connectivity index (χ3n) is 4.50. The number of ether oxygens (including phenoxy) is 1. The zero-order chi connectivity index (χ0) is 20.0. The van der Waals surface area contributed by atoms with Gasteiger partial charge in [0.1, 0.15) is 6.04 Å². The monoisotopic (exact) mass is 368 g/mol. The van der Waals surface area contributed by atoms with Gasteiger partial charge in [0.15, 0.2) is 0 Å².